The average Bonchev–Trinajstić information content (AvgIpc) is 3.67. The molecular weight excluding hydrogens is 526 g/mol. The lowest BCUT2D eigenvalue weighted by Gasteiger charge is -2.26. The third-order valence-corrected chi connectivity index (χ3v) is 8.13. The lowest BCUT2D eigenvalue weighted by atomic mass is 10.1. The van der Waals surface area contributed by atoms with Crippen molar-refractivity contribution in [3.05, 3.63) is 53.7 Å². The fraction of sp³-hybridized carbons (Fsp3) is 0.448. The highest BCUT2D eigenvalue weighted by Gasteiger charge is 2.18. The molecule has 10 nitrogen and oxygen atoms in total. The van der Waals surface area contributed by atoms with Gasteiger partial charge in [-0.25, -0.2) is 14.5 Å². The Balaban J connectivity index is 1.42. The SMILES string of the molecule is CCN(CC)[C@@H](C)CNC(=O)c1cc(OCCN2CCOCC2)nc(-c2cnn3ccc(-c4cccs4)nc23)c1. The molecule has 212 valence electrons. The highest BCUT2D eigenvalue weighted by molar-refractivity contribution is 7.13. The number of amides is 1. The van der Waals surface area contributed by atoms with E-state index in [1.807, 2.05) is 29.8 Å². The molecule has 0 spiro atoms. The van der Waals surface area contributed by atoms with Crippen molar-refractivity contribution >= 4 is 22.9 Å². The average molecular weight is 564 g/mol. The van der Waals surface area contributed by atoms with Crippen molar-refractivity contribution < 1.29 is 14.3 Å². The number of nitrogens with one attached hydrogen (secondary N) is 1. The summed E-state index contributed by atoms with van der Waals surface area (Å²) in [5.74, 6) is 0.242. The highest BCUT2D eigenvalue weighted by Crippen LogP contribution is 2.28. The standard InChI is InChI=1S/C29H37N7O3S/c1-4-35(5-2)21(3)19-30-29(37)22-17-25(32-27(18-22)39-15-12-34-10-13-38-14-11-34)23-20-31-36-9-8-24(33-28(23)36)26-7-6-16-40-26/h6-9,16-18,20-21H,4-5,10-15,19H2,1-3H3,(H,30,37)/t21-/m0/s1. The molecule has 1 aliphatic heterocycles. The van der Waals surface area contributed by atoms with Crippen LogP contribution in [0.1, 0.15) is 31.1 Å². The Kier molecular flexibility index (Phi) is 9.38. The normalized spacial score (nSPS) is 15.0. The number of rotatable bonds is 12. The number of ether oxygens (including phenoxy) is 2. The van der Waals surface area contributed by atoms with E-state index in [1.165, 1.54) is 0 Å². The minimum Gasteiger partial charge on any atom is -0.476 e. The second-order valence-electron chi connectivity index (χ2n) is 9.78. The monoisotopic (exact) mass is 563 g/mol. The summed E-state index contributed by atoms with van der Waals surface area (Å²) in [6.07, 6.45) is 3.64. The van der Waals surface area contributed by atoms with Gasteiger partial charge in [-0.1, -0.05) is 19.9 Å². The van der Waals surface area contributed by atoms with E-state index in [-0.39, 0.29) is 11.9 Å². The minimum atomic E-state index is -0.163. The van der Waals surface area contributed by atoms with E-state index in [9.17, 15) is 4.79 Å². The molecule has 5 rings (SSSR count). The third-order valence-electron chi connectivity index (χ3n) is 7.24. The van der Waals surface area contributed by atoms with Crippen LogP contribution in [0.5, 0.6) is 5.88 Å². The summed E-state index contributed by atoms with van der Waals surface area (Å²) in [6.45, 7) is 13.3. The number of fused-ring (bicyclic) bond motifs is 1. The summed E-state index contributed by atoms with van der Waals surface area (Å²) in [6, 6.07) is 9.74. The summed E-state index contributed by atoms with van der Waals surface area (Å²) < 4.78 is 13.3. The predicted molar refractivity (Wildman–Crippen MR) is 157 cm³/mol. The first kappa shape index (κ1) is 28.2. The molecule has 11 heteroatoms. The van der Waals surface area contributed by atoms with Gasteiger partial charge in [0.1, 0.15) is 6.61 Å². The topological polar surface area (TPSA) is 97.1 Å². The van der Waals surface area contributed by atoms with Gasteiger partial charge in [0.25, 0.3) is 5.91 Å². The summed E-state index contributed by atoms with van der Waals surface area (Å²) in [5.41, 5.74) is 3.36. The molecule has 0 aromatic carbocycles. The van der Waals surface area contributed by atoms with Gasteiger partial charge >= 0.3 is 0 Å². The fourth-order valence-electron chi connectivity index (χ4n) is 4.88. The van der Waals surface area contributed by atoms with Gasteiger partial charge in [-0.3, -0.25) is 14.6 Å². The molecule has 0 unspecified atom stereocenters. The first-order chi connectivity index (χ1) is 19.6. The molecule has 1 fully saturated rings. The van der Waals surface area contributed by atoms with Crippen LogP contribution >= 0.6 is 11.3 Å². The van der Waals surface area contributed by atoms with Crippen LogP contribution < -0.4 is 10.1 Å². The second kappa shape index (κ2) is 13.3. The summed E-state index contributed by atoms with van der Waals surface area (Å²) in [5, 5.41) is 9.63. The van der Waals surface area contributed by atoms with Crippen LogP contribution in [0.4, 0.5) is 0 Å². The Labute approximate surface area is 238 Å². The molecule has 1 atom stereocenters. The van der Waals surface area contributed by atoms with Crippen LogP contribution in [0.2, 0.25) is 0 Å². The third kappa shape index (κ3) is 6.67. The maximum atomic E-state index is 13.3. The van der Waals surface area contributed by atoms with Gasteiger partial charge in [0, 0.05) is 50.0 Å². The molecule has 1 amide bonds. The molecule has 5 heterocycles. The van der Waals surface area contributed by atoms with E-state index in [0.717, 1.165) is 62.1 Å². The van der Waals surface area contributed by atoms with Gasteiger partial charge in [0.05, 0.1) is 41.2 Å². The molecule has 0 bridgehead atoms. The lowest BCUT2D eigenvalue weighted by Crippen LogP contribution is -2.42. The van der Waals surface area contributed by atoms with Crippen LogP contribution in [-0.2, 0) is 4.74 Å². The molecular formula is C29H37N7O3S. The van der Waals surface area contributed by atoms with Crippen molar-refractivity contribution in [2.75, 3.05) is 59.1 Å². The number of likely N-dealkylation sites (N-methyl/N-ethyl adjacent to an activating group) is 1. The largest absolute Gasteiger partial charge is 0.476 e. The van der Waals surface area contributed by atoms with Gasteiger partial charge in [0.15, 0.2) is 5.65 Å². The number of hydrogen-bond acceptors (Lipinski definition) is 9. The van der Waals surface area contributed by atoms with E-state index in [1.54, 1.807) is 34.2 Å². The van der Waals surface area contributed by atoms with Gasteiger partial charge in [-0.2, -0.15) is 5.10 Å². The quantitative estimate of drug-likeness (QED) is 0.279. The zero-order valence-electron chi connectivity index (χ0n) is 23.4. The van der Waals surface area contributed by atoms with Gasteiger partial charge in [-0.15, -0.1) is 11.3 Å². The molecule has 0 aliphatic carbocycles. The maximum Gasteiger partial charge on any atom is 0.251 e. The number of hydrogen-bond donors (Lipinski definition) is 1. The Bertz CT molecular complexity index is 1400. The highest BCUT2D eigenvalue weighted by atomic mass is 32.1. The van der Waals surface area contributed by atoms with E-state index in [0.29, 0.717) is 35.9 Å². The van der Waals surface area contributed by atoms with Crippen LogP contribution in [0.15, 0.2) is 48.1 Å². The van der Waals surface area contributed by atoms with Crippen LogP contribution in [0.3, 0.4) is 0 Å². The van der Waals surface area contributed by atoms with Crippen LogP contribution in [-0.4, -0.2) is 100 Å². The van der Waals surface area contributed by atoms with E-state index < -0.39 is 0 Å². The predicted octanol–water partition coefficient (Wildman–Crippen LogP) is 3.69. The first-order valence-corrected chi connectivity index (χ1v) is 14.8. The second-order valence-corrected chi connectivity index (χ2v) is 10.7. The number of nitrogens with zero attached hydrogens (tertiary/aromatic N) is 6. The smallest absolute Gasteiger partial charge is 0.251 e. The molecule has 4 aromatic rings. The Morgan fingerprint density at radius 2 is 2.00 bits per heavy atom. The lowest BCUT2D eigenvalue weighted by molar-refractivity contribution is 0.0320. The van der Waals surface area contributed by atoms with Crippen LogP contribution in [0, 0.1) is 0 Å². The van der Waals surface area contributed by atoms with Crippen molar-refractivity contribution in [1.29, 1.82) is 0 Å². The van der Waals surface area contributed by atoms with Crippen molar-refractivity contribution in [3.63, 3.8) is 0 Å². The summed E-state index contributed by atoms with van der Waals surface area (Å²) in [4.78, 5) is 28.7. The number of morpholine rings is 1. The Hall–Kier alpha value is -3.38. The first-order valence-electron chi connectivity index (χ1n) is 13.9. The van der Waals surface area contributed by atoms with Gasteiger partial charge in [0.2, 0.25) is 5.88 Å². The Morgan fingerprint density at radius 1 is 1.18 bits per heavy atom. The molecule has 1 aliphatic rings. The number of thiophene rings is 1. The van der Waals surface area contributed by atoms with Gasteiger partial charge < -0.3 is 14.8 Å². The van der Waals surface area contributed by atoms with Gasteiger partial charge in [-0.05, 0) is 43.6 Å². The minimum absolute atomic E-state index is 0.163. The molecule has 1 N–H and O–H groups in total. The Morgan fingerprint density at radius 3 is 2.75 bits per heavy atom. The molecule has 0 radical (unpaired) electrons. The molecule has 40 heavy (non-hydrogen) atoms. The van der Waals surface area contributed by atoms with Crippen molar-refractivity contribution in [1.82, 2.24) is 34.7 Å². The van der Waals surface area contributed by atoms with Crippen molar-refractivity contribution in [2.24, 2.45) is 0 Å². The zero-order chi connectivity index (χ0) is 27.9. The zero-order valence-corrected chi connectivity index (χ0v) is 24.2. The van der Waals surface area contributed by atoms with Crippen LogP contribution in [0.25, 0.3) is 27.5 Å². The van der Waals surface area contributed by atoms with Crippen molar-refractivity contribution in [3.8, 4) is 27.7 Å². The van der Waals surface area contributed by atoms with E-state index in [4.69, 9.17) is 19.4 Å². The number of aromatic nitrogens is 4. The number of carbonyl (C=O) groups is 1. The fourth-order valence-corrected chi connectivity index (χ4v) is 5.58. The molecule has 0 saturated carbocycles. The van der Waals surface area contributed by atoms with E-state index in [2.05, 4.69) is 41.0 Å². The number of carbonyl (C=O) groups excluding carboxylic acids is 1. The molecule has 1 saturated heterocycles. The number of pyridine rings is 1. The molecule has 4 aromatic heterocycles. The summed E-state index contributed by atoms with van der Waals surface area (Å²) >= 11 is 1.64. The summed E-state index contributed by atoms with van der Waals surface area (Å²) in [7, 11) is 0. The van der Waals surface area contributed by atoms with Crippen molar-refractivity contribution in [2.45, 2.75) is 26.8 Å². The van der Waals surface area contributed by atoms with E-state index >= 15 is 0 Å². The maximum absolute atomic E-state index is 13.3.